The van der Waals surface area contributed by atoms with Crippen LogP contribution in [0, 0.1) is 11.3 Å². The van der Waals surface area contributed by atoms with Crippen LogP contribution in [0.3, 0.4) is 0 Å². The quantitative estimate of drug-likeness (QED) is 0.805. The molecule has 2 unspecified atom stereocenters. The summed E-state index contributed by atoms with van der Waals surface area (Å²) in [5, 5.41) is 12.7. The SMILES string of the molecule is CNC1C(CN2CCCN(CCO)CC2)CCCC1(C)C. The molecule has 124 valence electrons. The van der Waals surface area contributed by atoms with E-state index in [2.05, 4.69) is 36.0 Å². The van der Waals surface area contributed by atoms with Gasteiger partial charge in [0.05, 0.1) is 6.61 Å². The summed E-state index contributed by atoms with van der Waals surface area (Å²) in [6, 6.07) is 0.642. The van der Waals surface area contributed by atoms with E-state index in [0.717, 1.165) is 32.1 Å². The fourth-order valence-corrected chi connectivity index (χ4v) is 4.51. The molecule has 21 heavy (non-hydrogen) atoms. The van der Waals surface area contributed by atoms with Crippen LogP contribution in [0.5, 0.6) is 0 Å². The Bertz CT molecular complexity index is 308. The second kappa shape index (κ2) is 7.91. The molecule has 2 aliphatic rings. The molecule has 1 saturated carbocycles. The van der Waals surface area contributed by atoms with Crippen LogP contribution in [0.1, 0.15) is 39.5 Å². The third kappa shape index (κ3) is 4.65. The van der Waals surface area contributed by atoms with E-state index in [1.807, 2.05) is 0 Å². The van der Waals surface area contributed by atoms with Gasteiger partial charge < -0.3 is 15.3 Å². The summed E-state index contributed by atoms with van der Waals surface area (Å²) >= 11 is 0. The lowest BCUT2D eigenvalue weighted by atomic mass is 9.68. The number of nitrogens with one attached hydrogen (secondary N) is 1. The monoisotopic (exact) mass is 297 g/mol. The van der Waals surface area contributed by atoms with Gasteiger partial charge in [-0.25, -0.2) is 0 Å². The minimum atomic E-state index is 0.290. The lowest BCUT2D eigenvalue weighted by Gasteiger charge is -2.45. The zero-order valence-electron chi connectivity index (χ0n) is 14.3. The van der Waals surface area contributed by atoms with Crippen LogP contribution in [-0.4, -0.2) is 73.9 Å². The van der Waals surface area contributed by atoms with Gasteiger partial charge in [-0.3, -0.25) is 4.90 Å². The Balaban J connectivity index is 1.88. The molecule has 4 heteroatoms. The number of aliphatic hydroxyl groups excluding tert-OH is 1. The highest BCUT2D eigenvalue weighted by atomic mass is 16.3. The molecule has 0 aromatic carbocycles. The predicted octanol–water partition coefficient (Wildman–Crippen LogP) is 1.40. The Morgan fingerprint density at radius 2 is 1.81 bits per heavy atom. The Morgan fingerprint density at radius 1 is 1.10 bits per heavy atom. The summed E-state index contributed by atoms with van der Waals surface area (Å²) in [6.45, 7) is 11.8. The Hall–Kier alpha value is -0.160. The highest BCUT2D eigenvalue weighted by Crippen LogP contribution is 2.39. The van der Waals surface area contributed by atoms with E-state index in [1.165, 1.54) is 38.8 Å². The minimum Gasteiger partial charge on any atom is -0.395 e. The van der Waals surface area contributed by atoms with Crippen molar-refractivity contribution in [3.8, 4) is 0 Å². The molecule has 0 spiro atoms. The molecule has 2 N–H and O–H groups in total. The van der Waals surface area contributed by atoms with Crippen molar-refractivity contribution < 1.29 is 5.11 Å². The maximum atomic E-state index is 9.10. The van der Waals surface area contributed by atoms with E-state index in [-0.39, 0.29) is 0 Å². The summed E-state index contributed by atoms with van der Waals surface area (Å²) in [5.74, 6) is 0.781. The predicted molar refractivity (Wildman–Crippen MR) is 88.6 cm³/mol. The van der Waals surface area contributed by atoms with Crippen LogP contribution >= 0.6 is 0 Å². The van der Waals surface area contributed by atoms with Gasteiger partial charge in [-0.1, -0.05) is 20.3 Å². The van der Waals surface area contributed by atoms with Crippen LogP contribution in [0.2, 0.25) is 0 Å². The molecule has 1 saturated heterocycles. The average molecular weight is 297 g/mol. The average Bonchev–Trinajstić information content (AvgIpc) is 2.64. The Labute approximate surface area is 130 Å². The zero-order valence-corrected chi connectivity index (χ0v) is 14.3. The number of hydrogen-bond donors (Lipinski definition) is 2. The fraction of sp³-hybridized carbons (Fsp3) is 1.00. The van der Waals surface area contributed by atoms with Crippen LogP contribution < -0.4 is 5.32 Å². The number of aliphatic hydroxyl groups is 1. The van der Waals surface area contributed by atoms with Crippen LogP contribution in [0.4, 0.5) is 0 Å². The van der Waals surface area contributed by atoms with Crippen LogP contribution in [0.15, 0.2) is 0 Å². The Kier molecular flexibility index (Phi) is 6.48. The smallest absolute Gasteiger partial charge is 0.0558 e. The number of hydrogen-bond acceptors (Lipinski definition) is 4. The lowest BCUT2D eigenvalue weighted by Crippen LogP contribution is -2.52. The molecule has 0 radical (unpaired) electrons. The van der Waals surface area contributed by atoms with E-state index in [1.54, 1.807) is 0 Å². The maximum Gasteiger partial charge on any atom is 0.0558 e. The molecule has 0 bridgehead atoms. The number of rotatable bonds is 5. The van der Waals surface area contributed by atoms with Crippen molar-refractivity contribution in [2.24, 2.45) is 11.3 Å². The standard InChI is InChI=1S/C17H35N3O/c1-17(2)7-4-6-15(16(17)18-3)14-20-9-5-8-19(10-11-20)12-13-21/h15-16,18,21H,4-14H2,1-3H3. The van der Waals surface area contributed by atoms with Gasteiger partial charge in [-0.05, 0) is 50.7 Å². The molecule has 0 amide bonds. The van der Waals surface area contributed by atoms with Crippen LogP contribution in [0.25, 0.3) is 0 Å². The van der Waals surface area contributed by atoms with Crippen LogP contribution in [-0.2, 0) is 0 Å². The second-order valence-corrected chi connectivity index (χ2v) is 7.63. The third-order valence-electron chi connectivity index (χ3n) is 5.61. The maximum absolute atomic E-state index is 9.10. The highest BCUT2D eigenvalue weighted by Gasteiger charge is 2.38. The molecular formula is C17H35N3O. The van der Waals surface area contributed by atoms with Crippen molar-refractivity contribution in [3.63, 3.8) is 0 Å². The first-order valence-electron chi connectivity index (χ1n) is 8.79. The van der Waals surface area contributed by atoms with Crippen molar-refractivity contribution in [3.05, 3.63) is 0 Å². The third-order valence-corrected chi connectivity index (χ3v) is 5.61. The molecule has 0 aromatic heterocycles. The summed E-state index contributed by atoms with van der Waals surface area (Å²) in [5.41, 5.74) is 0.423. The van der Waals surface area contributed by atoms with Gasteiger partial charge in [0, 0.05) is 32.2 Å². The minimum absolute atomic E-state index is 0.290. The lowest BCUT2D eigenvalue weighted by molar-refractivity contribution is 0.0841. The highest BCUT2D eigenvalue weighted by molar-refractivity contribution is 4.94. The van der Waals surface area contributed by atoms with Gasteiger partial charge in [0.2, 0.25) is 0 Å². The van der Waals surface area contributed by atoms with Crippen molar-refractivity contribution in [2.75, 3.05) is 52.9 Å². The molecule has 1 aliphatic carbocycles. The molecule has 2 fully saturated rings. The molecule has 1 aliphatic heterocycles. The van der Waals surface area contributed by atoms with Crippen molar-refractivity contribution in [1.82, 2.24) is 15.1 Å². The van der Waals surface area contributed by atoms with Gasteiger partial charge in [0.15, 0.2) is 0 Å². The largest absolute Gasteiger partial charge is 0.395 e. The second-order valence-electron chi connectivity index (χ2n) is 7.63. The van der Waals surface area contributed by atoms with Crippen molar-refractivity contribution in [1.29, 1.82) is 0 Å². The topological polar surface area (TPSA) is 38.7 Å². The zero-order chi connectivity index (χ0) is 15.3. The normalized spacial score (nSPS) is 32.0. The van der Waals surface area contributed by atoms with E-state index in [4.69, 9.17) is 5.11 Å². The first kappa shape index (κ1) is 17.2. The van der Waals surface area contributed by atoms with Gasteiger partial charge in [-0.2, -0.15) is 0 Å². The van der Waals surface area contributed by atoms with E-state index < -0.39 is 0 Å². The molecule has 0 aromatic rings. The molecular weight excluding hydrogens is 262 g/mol. The molecule has 1 heterocycles. The van der Waals surface area contributed by atoms with Gasteiger partial charge in [0.25, 0.3) is 0 Å². The van der Waals surface area contributed by atoms with E-state index in [0.29, 0.717) is 18.1 Å². The summed E-state index contributed by atoms with van der Waals surface area (Å²) in [7, 11) is 2.14. The summed E-state index contributed by atoms with van der Waals surface area (Å²) in [4.78, 5) is 5.06. The van der Waals surface area contributed by atoms with E-state index in [9.17, 15) is 0 Å². The molecule has 4 nitrogen and oxygen atoms in total. The Morgan fingerprint density at radius 3 is 2.52 bits per heavy atom. The van der Waals surface area contributed by atoms with Gasteiger partial charge >= 0.3 is 0 Å². The van der Waals surface area contributed by atoms with Gasteiger partial charge in [-0.15, -0.1) is 0 Å². The molecule has 2 atom stereocenters. The van der Waals surface area contributed by atoms with Crippen molar-refractivity contribution >= 4 is 0 Å². The first-order chi connectivity index (χ1) is 10.1. The molecule has 2 rings (SSSR count). The number of β-amino-alcohol motifs (C(OH)–C–C–N with tert-alkyl or cyclic N) is 1. The van der Waals surface area contributed by atoms with Crippen molar-refractivity contribution in [2.45, 2.75) is 45.6 Å². The summed E-state index contributed by atoms with van der Waals surface area (Å²) < 4.78 is 0. The fourth-order valence-electron chi connectivity index (χ4n) is 4.51. The van der Waals surface area contributed by atoms with E-state index >= 15 is 0 Å². The van der Waals surface area contributed by atoms with Gasteiger partial charge in [0.1, 0.15) is 0 Å². The number of nitrogens with zero attached hydrogens (tertiary/aromatic N) is 2. The first-order valence-corrected chi connectivity index (χ1v) is 8.79. The summed E-state index contributed by atoms with van der Waals surface area (Å²) in [6.07, 6.45) is 5.33.